The van der Waals surface area contributed by atoms with Gasteiger partial charge in [-0.15, -0.1) is 0 Å². The third-order valence-electron chi connectivity index (χ3n) is 4.29. The van der Waals surface area contributed by atoms with Crippen LogP contribution in [0.5, 0.6) is 0 Å². The van der Waals surface area contributed by atoms with Crippen molar-refractivity contribution in [2.75, 3.05) is 0 Å². The van der Waals surface area contributed by atoms with Gasteiger partial charge in [0.1, 0.15) is 0 Å². The second-order valence-corrected chi connectivity index (χ2v) is 7.09. The van der Waals surface area contributed by atoms with Gasteiger partial charge in [0, 0.05) is 39.8 Å². The Kier molecular flexibility index (Phi) is 6.00. The third kappa shape index (κ3) is 4.47. The molecule has 0 aliphatic carbocycles. The molecular formula is C20H16Cl2N4O3. The van der Waals surface area contributed by atoms with Gasteiger partial charge < -0.3 is 4.57 Å². The molecule has 0 unspecified atom stereocenters. The molecule has 1 heterocycles. The zero-order chi connectivity index (χ0) is 21.1. The van der Waals surface area contributed by atoms with Crippen molar-refractivity contribution in [1.82, 2.24) is 9.99 Å². The number of hydrazone groups is 1. The molecule has 0 aliphatic heterocycles. The number of nitrogens with one attached hydrogen (secondary N) is 1. The van der Waals surface area contributed by atoms with Gasteiger partial charge in [0.15, 0.2) is 0 Å². The van der Waals surface area contributed by atoms with E-state index in [0.29, 0.717) is 5.56 Å². The maximum absolute atomic E-state index is 12.4. The number of aromatic nitrogens is 1. The highest BCUT2D eigenvalue weighted by Gasteiger charge is 2.13. The molecule has 3 aromatic rings. The molecule has 148 valence electrons. The van der Waals surface area contributed by atoms with Crippen LogP contribution >= 0.6 is 23.2 Å². The SMILES string of the molecule is Cc1ccc(C)n1-c1ccc(C(=O)N/N=C\c2cc([N+](=O)[O-])ccc2Cl)c(Cl)c1. The van der Waals surface area contributed by atoms with Gasteiger partial charge in [0.25, 0.3) is 11.6 Å². The summed E-state index contributed by atoms with van der Waals surface area (Å²) in [5.41, 5.74) is 5.73. The molecular weight excluding hydrogens is 415 g/mol. The van der Waals surface area contributed by atoms with Crippen molar-refractivity contribution >= 4 is 41.0 Å². The fourth-order valence-corrected chi connectivity index (χ4v) is 3.29. The number of hydrogen-bond acceptors (Lipinski definition) is 4. The van der Waals surface area contributed by atoms with Gasteiger partial charge in [-0.05, 0) is 50.2 Å². The number of nitrogens with zero attached hydrogens (tertiary/aromatic N) is 3. The average Bonchev–Trinajstić information content (AvgIpc) is 3.01. The normalized spacial score (nSPS) is 11.0. The molecule has 1 aromatic heterocycles. The Morgan fingerprint density at radius 1 is 1.07 bits per heavy atom. The monoisotopic (exact) mass is 430 g/mol. The van der Waals surface area contributed by atoms with E-state index in [2.05, 4.69) is 10.5 Å². The Bertz CT molecular complexity index is 1120. The van der Waals surface area contributed by atoms with Crippen molar-refractivity contribution in [3.8, 4) is 5.69 Å². The zero-order valence-electron chi connectivity index (χ0n) is 15.5. The van der Waals surface area contributed by atoms with Crippen LogP contribution in [0.25, 0.3) is 5.69 Å². The lowest BCUT2D eigenvalue weighted by atomic mass is 10.2. The summed E-state index contributed by atoms with van der Waals surface area (Å²) in [4.78, 5) is 22.7. The van der Waals surface area contributed by atoms with E-state index in [1.54, 1.807) is 18.2 Å². The van der Waals surface area contributed by atoms with E-state index in [1.165, 1.54) is 24.4 Å². The van der Waals surface area contributed by atoms with Gasteiger partial charge in [0.05, 0.1) is 21.7 Å². The van der Waals surface area contributed by atoms with Gasteiger partial charge in [-0.1, -0.05) is 23.2 Å². The number of nitro benzene ring substituents is 1. The Balaban J connectivity index is 1.77. The molecule has 29 heavy (non-hydrogen) atoms. The number of rotatable bonds is 5. The summed E-state index contributed by atoms with van der Waals surface area (Å²) in [6.07, 6.45) is 1.24. The highest BCUT2D eigenvalue weighted by molar-refractivity contribution is 6.34. The number of aryl methyl sites for hydroxylation is 2. The second kappa shape index (κ2) is 8.46. The van der Waals surface area contributed by atoms with Gasteiger partial charge in [-0.2, -0.15) is 5.10 Å². The number of halogens is 2. The quantitative estimate of drug-likeness (QED) is 0.347. The predicted molar refractivity (Wildman–Crippen MR) is 113 cm³/mol. The van der Waals surface area contributed by atoms with Crippen LogP contribution in [0.2, 0.25) is 10.0 Å². The Morgan fingerprint density at radius 2 is 1.76 bits per heavy atom. The predicted octanol–water partition coefficient (Wildman–Crippen LogP) is 5.07. The van der Waals surface area contributed by atoms with Crippen LogP contribution in [0, 0.1) is 24.0 Å². The minimum Gasteiger partial charge on any atom is -0.318 e. The summed E-state index contributed by atoms with van der Waals surface area (Å²) in [5.74, 6) is -0.514. The van der Waals surface area contributed by atoms with Crippen LogP contribution in [0.4, 0.5) is 5.69 Å². The maximum Gasteiger partial charge on any atom is 0.272 e. The van der Waals surface area contributed by atoms with E-state index < -0.39 is 10.8 Å². The molecule has 7 nitrogen and oxygen atoms in total. The van der Waals surface area contributed by atoms with Crippen LogP contribution in [-0.2, 0) is 0 Å². The van der Waals surface area contributed by atoms with E-state index >= 15 is 0 Å². The lowest BCUT2D eigenvalue weighted by Crippen LogP contribution is -2.18. The van der Waals surface area contributed by atoms with Crippen molar-refractivity contribution in [1.29, 1.82) is 0 Å². The first-order valence-corrected chi connectivity index (χ1v) is 9.25. The number of hydrogen-bond donors (Lipinski definition) is 1. The highest BCUT2D eigenvalue weighted by Crippen LogP contribution is 2.24. The molecule has 3 rings (SSSR count). The molecule has 9 heteroatoms. The van der Waals surface area contributed by atoms with Crippen LogP contribution in [0.1, 0.15) is 27.3 Å². The maximum atomic E-state index is 12.4. The van der Waals surface area contributed by atoms with E-state index in [-0.39, 0.29) is 21.3 Å². The zero-order valence-corrected chi connectivity index (χ0v) is 17.0. The fraction of sp³-hybridized carbons (Fsp3) is 0.100. The highest BCUT2D eigenvalue weighted by atomic mass is 35.5. The molecule has 0 aliphatic rings. The molecule has 0 bridgehead atoms. The lowest BCUT2D eigenvalue weighted by Gasteiger charge is -2.11. The van der Waals surface area contributed by atoms with E-state index in [9.17, 15) is 14.9 Å². The van der Waals surface area contributed by atoms with Crippen LogP contribution in [-0.4, -0.2) is 21.6 Å². The summed E-state index contributed by atoms with van der Waals surface area (Å²) >= 11 is 12.3. The van der Waals surface area contributed by atoms with Crippen molar-refractivity contribution in [2.45, 2.75) is 13.8 Å². The molecule has 1 N–H and O–H groups in total. The molecule has 0 fully saturated rings. The summed E-state index contributed by atoms with van der Waals surface area (Å²) in [6.45, 7) is 3.96. The van der Waals surface area contributed by atoms with Gasteiger partial charge in [-0.3, -0.25) is 14.9 Å². The molecule has 0 radical (unpaired) electrons. The Morgan fingerprint density at radius 3 is 2.38 bits per heavy atom. The van der Waals surface area contributed by atoms with Crippen molar-refractivity contribution in [2.24, 2.45) is 5.10 Å². The summed E-state index contributed by atoms with van der Waals surface area (Å²) in [6, 6.07) is 13.1. The number of carbonyl (C=O) groups is 1. The number of nitro groups is 1. The summed E-state index contributed by atoms with van der Waals surface area (Å²) in [7, 11) is 0. The number of benzene rings is 2. The second-order valence-electron chi connectivity index (χ2n) is 6.28. The lowest BCUT2D eigenvalue weighted by molar-refractivity contribution is -0.384. The Hall–Kier alpha value is -3.16. The first kappa shape index (κ1) is 20.6. The van der Waals surface area contributed by atoms with Crippen molar-refractivity contribution in [3.05, 3.63) is 91.2 Å². The smallest absolute Gasteiger partial charge is 0.272 e. The number of amides is 1. The van der Waals surface area contributed by atoms with Gasteiger partial charge in [0.2, 0.25) is 0 Å². The third-order valence-corrected chi connectivity index (χ3v) is 4.94. The number of carbonyl (C=O) groups excluding carboxylic acids is 1. The minimum absolute atomic E-state index is 0.128. The van der Waals surface area contributed by atoms with Crippen LogP contribution in [0.15, 0.2) is 53.6 Å². The standard InChI is InChI=1S/C20H16Cl2N4O3/c1-12-3-4-13(2)25(12)15-5-7-17(19(22)10-15)20(27)24-23-11-14-9-16(26(28)29)6-8-18(14)21/h3-11H,1-2H3,(H,24,27)/b23-11-. The van der Waals surface area contributed by atoms with E-state index in [4.69, 9.17) is 23.2 Å². The summed E-state index contributed by atoms with van der Waals surface area (Å²) in [5, 5.41) is 15.2. The van der Waals surface area contributed by atoms with Crippen LogP contribution < -0.4 is 5.43 Å². The number of non-ortho nitro benzene ring substituents is 1. The van der Waals surface area contributed by atoms with E-state index in [1.807, 2.05) is 30.5 Å². The molecule has 0 saturated heterocycles. The van der Waals surface area contributed by atoms with Gasteiger partial charge in [-0.25, -0.2) is 5.43 Å². The van der Waals surface area contributed by atoms with E-state index in [0.717, 1.165) is 17.1 Å². The molecule has 1 amide bonds. The average molecular weight is 431 g/mol. The van der Waals surface area contributed by atoms with Crippen molar-refractivity contribution in [3.63, 3.8) is 0 Å². The largest absolute Gasteiger partial charge is 0.318 e. The minimum atomic E-state index is -0.540. The molecule has 0 saturated carbocycles. The first-order chi connectivity index (χ1) is 13.8. The Labute approximate surface area is 176 Å². The molecule has 2 aromatic carbocycles. The topological polar surface area (TPSA) is 89.5 Å². The van der Waals surface area contributed by atoms with Crippen molar-refractivity contribution < 1.29 is 9.72 Å². The van der Waals surface area contributed by atoms with Gasteiger partial charge >= 0.3 is 0 Å². The summed E-state index contributed by atoms with van der Waals surface area (Å²) < 4.78 is 2.02. The first-order valence-electron chi connectivity index (χ1n) is 8.50. The van der Waals surface area contributed by atoms with Crippen LogP contribution in [0.3, 0.4) is 0 Å². The molecule has 0 atom stereocenters. The fourth-order valence-electron chi connectivity index (χ4n) is 2.87. The molecule has 0 spiro atoms.